The van der Waals surface area contributed by atoms with Crippen LogP contribution in [0.5, 0.6) is 0 Å². The van der Waals surface area contributed by atoms with Crippen molar-refractivity contribution in [1.29, 1.82) is 5.26 Å². The predicted octanol–water partition coefficient (Wildman–Crippen LogP) is 3.76. The highest BCUT2D eigenvalue weighted by Gasteiger charge is 2.13. The fraction of sp³-hybridized carbons (Fsp3) is 0. The van der Waals surface area contributed by atoms with E-state index in [0.29, 0.717) is 16.1 Å². The molecule has 0 fully saturated rings. The second-order valence-corrected chi connectivity index (χ2v) is 6.23. The number of nitrogens with zero attached hydrogens (tertiary/aromatic N) is 4. The van der Waals surface area contributed by atoms with Crippen LogP contribution in [0.2, 0.25) is 0 Å². The first kappa shape index (κ1) is 17.9. The average Bonchev–Trinajstić information content (AvgIpc) is 3.15. The van der Waals surface area contributed by atoms with Crippen LogP contribution in [0.4, 0.5) is 10.8 Å². The number of nitrogens with one attached hydrogen (secondary N) is 1. The second-order valence-electron chi connectivity index (χ2n) is 5.25. The Labute approximate surface area is 157 Å². The van der Waals surface area contributed by atoms with E-state index < -0.39 is 4.92 Å². The van der Waals surface area contributed by atoms with Gasteiger partial charge in [-0.3, -0.25) is 20.2 Å². The molecule has 1 amide bonds. The van der Waals surface area contributed by atoms with Crippen LogP contribution in [-0.2, 0) is 0 Å². The molecular formula is C18H11N5O3S. The summed E-state index contributed by atoms with van der Waals surface area (Å²) in [5, 5.41) is 31.1. The van der Waals surface area contributed by atoms with E-state index in [1.165, 1.54) is 24.3 Å². The van der Waals surface area contributed by atoms with Crippen molar-refractivity contribution in [3.8, 4) is 6.07 Å². The molecule has 27 heavy (non-hydrogen) atoms. The minimum Gasteiger partial charge on any atom is -0.296 e. The van der Waals surface area contributed by atoms with Gasteiger partial charge in [-0.2, -0.15) is 5.26 Å². The molecule has 0 saturated heterocycles. The number of carbonyl (C=O) groups is 1. The van der Waals surface area contributed by atoms with Crippen LogP contribution in [0.25, 0.3) is 11.6 Å². The Bertz CT molecular complexity index is 1050. The number of aromatic nitrogens is 2. The summed E-state index contributed by atoms with van der Waals surface area (Å²) in [5.74, 6) is -0.323. The van der Waals surface area contributed by atoms with E-state index in [9.17, 15) is 20.2 Å². The molecule has 1 aromatic heterocycles. The fourth-order valence-corrected chi connectivity index (χ4v) is 2.85. The fourth-order valence-electron chi connectivity index (χ4n) is 2.14. The van der Waals surface area contributed by atoms with Gasteiger partial charge < -0.3 is 0 Å². The summed E-state index contributed by atoms with van der Waals surface area (Å²) in [6, 6.07) is 16.5. The smallest absolute Gasteiger partial charge is 0.269 e. The lowest BCUT2D eigenvalue weighted by atomic mass is 10.1. The number of hydrogen-bond acceptors (Lipinski definition) is 7. The van der Waals surface area contributed by atoms with Crippen LogP contribution in [0.1, 0.15) is 20.9 Å². The van der Waals surface area contributed by atoms with E-state index in [4.69, 9.17) is 0 Å². The molecule has 0 aliphatic rings. The molecule has 0 aliphatic carbocycles. The van der Waals surface area contributed by atoms with Crippen molar-refractivity contribution in [2.45, 2.75) is 0 Å². The molecule has 132 valence electrons. The van der Waals surface area contributed by atoms with Crippen molar-refractivity contribution in [3.05, 3.63) is 80.8 Å². The monoisotopic (exact) mass is 377 g/mol. The third-order valence-corrected chi connectivity index (χ3v) is 4.32. The van der Waals surface area contributed by atoms with Gasteiger partial charge in [0.05, 0.1) is 10.5 Å². The minimum atomic E-state index is -0.495. The van der Waals surface area contributed by atoms with Crippen molar-refractivity contribution in [3.63, 3.8) is 0 Å². The number of nitriles is 1. The standard InChI is InChI=1S/C18H11N5O3S/c19-11-14(10-12-6-8-15(9-7-12)23(25)26)17-21-22-18(27-17)20-16(24)13-4-2-1-3-5-13/h1-10H,(H,20,22,24)/b14-10+. The molecule has 9 heteroatoms. The van der Waals surface area contributed by atoms with Crippen LogP contribution in [0.3, 0.4) is 0 Å². The lowest BCUT2D eigenvalue weighted by Crippen LogP contribution is -2.11. The summed E-state index contributed by atoms with van der Waals surface area (Å²) in [6.07, 6.45) is 1.55. The number of rotatable bonds is 5. The SMILES string of the molecule is N#C/C(=C\c1ccc([N+](=O)[O-])cc1)c1nnc(NC(=O)c2ccccc2)s1. The Hall–Kier alpha value is -3.90. The topological polar surface area (TPSA) is 122 Å². The van der Waals surface area contributed by atoms with Crippen molar-refractivity contribution in [2.75, 3.05) is 5.32 Å². The Morgan fingerprint density at radius 2 is 1.85 bits per heavy atom. The Morgan fingerprint density at radius 1 is 1.15 bits per heavy atom. The normalized spacial score (nSPS) is 10.9. The van der Waals surface area contributed by atoms with E-state index in [2.05, 4.69) is 15.5 Å². The lowest BCUT2D eigenvalue weighted by Gasteiger charge is -1.99. The summed E-state index contributed by atoms with van der Waals surface area (Å²) in [4.78, 5) is 22.3. The summed E-state index contributed by atoms with van der Waals surface area (Å²) in [7, 11) is 0. The number of nitro groups is 1. The molecule has 0 unspecified atom stereocenters. The van der Waals surface area contributed by atoms with Gasteiger partial charge in [0, 0.05) is 17.7 Å². The van der Waals surface area contributed by atoms with Crippen LogP contribution in [0, 0.1) is 21.4 Å². The first-order chi connectivity index (χ1) is 13.1. The Kier molecular flexibility index (Phi) is 5.30. The van der Waals surface area contributed by atoms with Crippen LogP contribution < -0.4 is 5.32 Å². The number of benzene rings is 2. The van der Waals surface area contributed by atoms with Gasteiger partial charge in [-0.05, 0) is 35.9 Å². The Balaban J connectivity index is 1.78. The predicted molar refractivity (Wildman–Crippen MR) is 101 cm³/mol. The van der Waals surface area contributed by atoms with E-state index in [0.717, 1.165) is 11.3 Å². The molecule has 0 radical (unpaired) electrons. The zero-order chi connectivity index (χ0) is 19.2. The van der Waals surface area contributed by atoms with Crippen LogP contribution in [-0.4, -0.2) is 21.0 Å². The molecule has 8 nitrogen and oxygen atoms in total. The number of nitro benzene ring substituents is 1. The number of non-ortho nitro benzene ring substituents is 1. The van der Waals surface area contributed by atoms with Gasteiger partial charge in [0.25, 0.3) is 11.6 Å². The number of amides is 1. The largest absolute Gasteiger partial charge is 0.296 e. The molecule has 2 aromatic carbocycles. The first-order valence-corrected chi connectivity index (χ1v) is 8.45. The molecule has 1 heterocycles. The summed E-state index contributed by atoms with van der Waals surface area (Å²) in [6.45, 7) is 0. The summed E-state index contributed by atoms with van der Waals surface area (Å²) < 4.78 is 0. The summed E-state index contributed by atoms with van der Waals surface area (Å²) in [5.41, 5.74) is 1.30. The zero-order valence-corrected chi connectivity index (χ0v) is 14.5. The second kappa shape index (κ2) is 7.99. The molecule has 1 N–H and O–H groups in total. The van der Waals surface area contributed by atoms with Gasteiger partial charge in [-0.15, -0.1) is 10.2 Å². The third kappa shape index (κ3) is 4.39. The van der Waals surface area contributed by atoms with Crippen molar-refractivity contribution in [1.82, 2.24) is 10.2 Å². The molecule has 0 spiro atoms. The van der Waals surface area contributed by atoms with E-state index >= 15 is 0 Å². The molecule has 0 aliphatic heterocycles. The van der Waals surface area contributed by atoms with Crippen molar-refractivity contribution >= 4 is 39.7 Å². The van der Waals surface area contributed by atoms with Gasteiger partial charge >= 0.3 is 0 Å². The van der Waals surface area contributed by atoms with E-state index in [-0.39, 0.29) is 22.3 Å². The molecular weight excluding hydrogens is 366 g/mol. The third-order valence-electron chi connectivity index (χ3n) is 3.45. The quantitative estimate of drug-likeness (QED) is 0.410. The summed E-state index contributed by atoms with van der Waals surface area (Å²) >= 11 is 1.06. The maximum atomic E-state index is 12.1. The minimum absolute atomic E-state index is 0.0347. The van der Waals surface area contributed by atoms with Crippen LogP contribution >= 0.6 is 11.3 Å². The van der Waals surface area contributed by atoms with Gasteiger partial charge in [-0.1, -0.05) is 29.5 Å². The number of allylic oxidation sites excluding steroid dienone is 1. The molecule has 3 aromatic rings. The van der Waals surface area contributed by atoms with Crippen LogP contribution in [0.15, 0.2) is 54.6 Å². The van der Waals surface area contributed by atoms with Gasteiger partial charge in [0.15, 0.2) is 5.01 Å². The maximum absolute atomic E-state index is 12.1. The zero-order valence-electron chi connectivity index (χ0n) is 13.7. The van der Waals surface area contributed by atoms with E-state index in [1.54, 1.807) is 30.3 Å². The Morgan fingerprint density at radius 3 is 2.48 bits per heavy atom. The maximum Gasteiger partial charge on any atom is 0.269 e. The van der Waals surface area contributed by atoms with Gasteiger partial charge in [-0.25, -0.2) is 0 Å². The van der Waals surface area contributed by atoms with Gasteiger partial charge in [0.1, 0.15) is 6.07 Å². The lowest BCUT2D eigenvalue weighted by molar-refractivity contribution is -0.384. The molecule has 0 atom stereocenters. The van der Waals surface area contributed by atoms with E-state index in [1.807, 2.05) is 12.1 Å². The molecule has 3 rings (SSSR count). The first-order valence-electron chi connectivity index (χ1n) is 7.63. The highest BCUT2D eigenvalue weighted by molar-refractivity contribution is 7.16. The highest BCUT2D eigenvalue weighted by Crippen LogP contribution is 2.25. The van der Waals surface area contributed by atoms with Crippen molar-refractivity contribution in [2.24, 2.45) is 0 Å². The average molecular weight is 377 g/mol. The highest BCUT2D eigenvalue weighted by atomic mass is 32.1. The van der Waals surface area contributed by atoms with Crippen molar-refractivity contribution < 1.29 is 9.72 Å². The number of anilines is 1. The number of hydrogen-bond donors (Lipinski definition) is 1. The molecule has 0 saturated carbocycles. The molecule has 0 bridgehead atoms. The van der Waals surface area contributed by atoms with Gasteiger partial charge in [0.2, 0.25) is 5.13 Å². The number of carbonyl (C=O) groups excluding carboxylic acids is 1.